The van der Waals surface area contributed by atoms with Crippen molar-refractivity contribution in [2.75, 3.05) is 11.9 Å². The van der Waals surface area contributed by atoms with Gasteiger partial charge in [-0.25, -0.2) is 0 Å². The molecule has 96 valence electrons. The first-order chi connectivity index (χ1) is 9.31. The fraction of sp³-hybridized carbons (Fsp3) is 0.133. The monoisotopic (exact) mass is 272 g/mol. The number of para-hydroxylation sites is 2. The van der Waals surface area contributed by atoms with E-state index in [2.05, 4.69) is 5.32 Å². The van der Waals surface area contributed by atoms with Gasteiger partial charge in [0.2, 0.25) is 0 Å². The van der Waals surface area contributed by atoms with E-state index in [1.165, 1.54) is 0 Å². The molecule has 2 aromatic rings. The first kappa shape index (κ1) is 13.3. The minimum Gasteiger partial charge on any atom is -0.478 e. The summed E-state index contributed by atoms with van der Waals surface area (Å²) in [6.07, 6.45) is 0. The molecular weight excluding hydrogens is 260 g/mol. The number of benzene rings is 2. The van der Waals surface area contributed by atoms with Gasteiger partial charge < -0.3 is 10.1 Å². The summed E-state index contributed by atoms with van der Waals surface area (Å²) in [5, 5.41) is 12.5. The van der Waals surface area contributed by atoms with Crippen molar-refractivity contribution in [2.24, 2.45) is 0 Å². The van der Waals surface area contributed by atoms with Gasteiger partial charge in [0.15, 0.2) is 6.61 Å². The third-order valence-electron chi connectivity index (χ3n) is 2.61. The molecular formula is C15H13ClN2O. The van der Waals surface area contributed by atoms with Crippen LogP contribution < -0.4 is 10.1 Å². The Labute approximate surface area is 117 Å². The maximum atomic E-state index is 8.55. The van der Waals surface area contributed by atoms with Gasteiger partial charge in [-0.3, -0.25) is 0 Å². The standard InChI is InChI=1S/C15H13ClN2O/c16-13-6-2-3-7-14(13)18-11-12-5-1-4-8-15(12)19-10-9-17/h1-8,18H,10-11H2. The lowest BCUT2D eigenvalue weighted by Crippen LogP contribution is -2.03. The maximum Gasteiger partial charge on any atom is 0.174 e. The van der Waals surface area contributed by atoms with E-state index in [0.717, 1.165) is 11.3 Å². The summed E-state index contributed by atoms with van der Waals surface area (Å²) in [4.78, 5) is 0. The number of anilines is 1. The van der Waals surface area contributed by atoms with Crippen molar-refractivity contribution in [3.05, 3.63) is 59.1 Å². The van der Waals surface area contributed by atoms with Crippen molar-refractivity contribution in [2.45, 2.75) is 6.54 Å². The summed E-state index contributed by atoms with van der Waals surface area (Å²) in [7, 11) is 0. The van der Waals surface area contributed by atoms with Gasteiger partial charge in [-0.2, -0.15) is 5.26 Å². The van der Waals surface area contributed by atoms with E-state index >= 15 is 0 Å². The number of nitriles is 1. The van der Waals surface area contributed by atoms with E-state index in [1.54, 1.807) is 0 Å². The number of nitrogens with zero attached hydrogens (tertiary/aromatic N) is 1. The summed E-state index contributed by atoms with van der Waals surface area (Å²) in [6, 6.07) is 17.1. The number of hydrogen-bond donors (Lipinski definition) is 1. The first-order valence-corrected chi connectivity index (χ1v) is 6.25. The Balaban J connectivity index is 2.07. The molecule has 0 bridgehead atoms. The number of hydrogen-bond acceptors (Lipinski definition) is 3. The molecule has 0 fully saturated rings. The van der Waals surface area contributed by atoms with Crippen LogP contribution in [0, 0.1) is 11.3 Å². The van der Waals surface area contributed by atoms with Crippen LogP contribution in [0.2, 0.25) is 5.02 Å². The van der Waals surface area contributed by atoms with Gasteiger partial charge in [0.05, 0.1) is 10.7 Å². The van der Waals surface area contributed by atoms with E-state index in [-0.39, 0.29) is 6.61 Å². The summed E-state index contributed by atoms with van der Waals surface area (Å²) in [6.45, 7) is 0.633. The molecule has 0 amide bonds. The lowest BCUT2D eigenvalue weighted by molar-refractivity contribution is 0.364. The average Bonchev–Trinajstić information content (AvgIpc) is 2.45. The topological polar surface area (TPSA) is 45.0 Å². The van der Waals surface area contributed by atoms with Crippen molar-refractivity contribution in [3.63, 3.8) is 0 Å². The predicted molar refractivity (Wildman–Crippen MR) is 76.3 cm³/mol. The van der Waals surface area contributed by atoms with Crippen molar-refractivity contribution in [3.8, 4) is 11.8 Å². The quantitative estimate of drug-likeness (QED) is 0.899. The molecule has 0 saturated heterocycles. The summed E-state index contributed by atoms with van der Waals surface area (Å²) < 4.78 is 5.37. The number of halogens is 1. The Hall–Kier alpha value is -2.18. The van der Waals surface area contributed by atoms with Crippen LogP contribution in [-0.2, 0) is 6.54 Å². The molecule has 19 heavy (non-hydrogen) atoms. The van der Waals surface area contributed by atoms with Gasteiger partial charge in [0, 0.05) is 12.1 Å². The van der Waals surface area contributed by atoms with Crippen molar-refractivity contribution in [1.29, 1.82) is 5.26 Å². The fourth-order valence-corrected chi connectivity index (χ4v) is 1.90. The molecule has 0 heterocycles. The number of nitrogens with one attached hydrogen (secondary N) is 1. The second-order valence-corrected chi connectivity index (χ2v) is 4.30. The predicted octanol–water partition coefficient (Wildman–Crippen LogP) is 3.85. The normalized spacial score (nSPS) is 9.68. The third kappa shape index (κ3) is 3.64. The molecule has 1 N–H and O–H groups in total. The average molecular weight is 273 g/mol. The summed E-state index contributed by atoms with van der Waals surface area (Å²) >= 11 is 6.08. The summed E-state index contributed by atoms with van der Waals surface area (Å²) in [5.41, 5.74) is 1.86. The van der Waals surface area contributed by atoms with Gasteiger partial charge in [0.1, 0.15) is 11.8 Å². The molecule has 0 spiro atoms. The lowest BCUT2D eigenvalue weighted by Gasteiger charge is -2.11. The second kappa shape index (κ2) is 6.67. The zero-order chi connectivity index (χ0) is 13.5. The van der Waals surface area contributed by atoms with Crippen molar-refractivity contribution >= 4 is 17.3 Å². The molecule has 2 aromatic carbocycles. The smallest absolute Gasteiger partial charge is 0.174 e. The largest absolute Gasteiger partial charge is 0.478 e. The van der Waals surface area contributed by atoms with Gasteiger partial charge in [-0.1, -0.05) is 41.9 Å². The highest BCUT2D eigenvalue weighted by Crippen LogP contribution is 2.23. The van der Waals surface area contributed by atoms with Crippen molar-refractivity contribution < 1.29 is 4.74 Å². The minimum absolute atomic E-state index is 0.0447. The zero-order valence-electron chi connectivity index (χ0n) is 10.3. The van der Waals surface area contributed by atoms with Crippen molar-refractivity contribution in [1.82, 2.24) is 0 Å². The maximum absolute atomic E-state index is 8.55. The Kier molecular flexibility index (Phi) is 4.66. The molecule has 0 atom stereocenters. The van der Waals surface area contributed by atoms with E-state index in [0.29, 0.717) is 17.3 Å². The SMILES string of the molecule is N#CCOc1ccccc1CNc1ccccc1Cl. The van der Waals surface area contributed by atoms with Crippen LogP contribution in [0.15, 0.2) is 48.5 Å². The molecule has 0 aliphatic carbocycles. The zero-order valence-corrected chi connectivity index (χ0v) is 11.0. The van der Waals surface area contributed by atoms with Gasteiger partial charge in [0.25, 0.3) is 0 Å². The lowest BCUT2D eigenvalue weighted by atomic mass is 10.2. The van der Waals surface area contributed by atoms with Crippen LogP contribution in [0.5, 0.6) is 5.75 Å². The number of ether oxygens (including phenoxy) is 1. The molecule has 0 unspecified atom stereocenters. The van der Waals surface area contributed by atoms with Crippen LogP contribution in [0.4, 0.5) is 5.69 Å². The molecule has 0 aliphatic heterocycles. The van der Waals surface area contributed by atoms with E-state index < -0.39 is 0 Å². The van der Waals surface area contributed by atoms with E-state index in [4.69, 9.17) is 21.6 Å². The molecule has 0 saturated carbocycles. The second-order valence-electron chi connectivity index (χ2n) is 3.89. The minimum atomic E-state index is 0.0447. The molecule has 4 heteroatoms. The van der Waals surface area contributed by atoms with E-state index in [9.17, 15) is 0 Å². The van der Waals surface area contributed by atoms with Gasteiger partial charge in [-0.05, 0) is 18.2 Å². The molecule has 3 nitrogen and oxygen atoms in total. The van der Waals surface area contributed by atoms with E-state index in [1.807, 2.05) is 54.6 Å². The molecule has 0 aromatic heterocycles. The van der Waals surface area contributed by atoms with Crippen LogP contribution in [0.3, 0.4) is 0 Å². The molecule has 0 radical (unpaired) electrons. The van der Waals surface area contributed by atoms with Gasteiger partial charge >= 0.3 is 0 Å². The highest BCUT2D eigenvalue weighted by atomic mass is 35.5. The molecule has 2 rings (SSSR count). The van der Waals surface area contributed by atoms with Crippen LogP contribution in [0.1, 0.15) is 5.56 Å². The molecule has 0 aliphatic rings. The van der Waals surface area contributed by atoms with Gasteiger partial charge in [-0.15, -0.1) is 0 Å². The Morgan fingerprint density at radius 3 is 2.63 bits per heavy atom. The third-order valence-corrected chi connectivity index (χ3v) is 2.94. The fourth-order valence-electron chi connectivity index (χ4n) is 1.70. The first-order valence-electron chi connectivity index (χ1n) is 5.87. The Morgan fingerprint density at radius 2 is 1.84 bits per heavy atom. The van der Waals surface area contributed by atoms with Crippen LogP contribution in [-0.4, -0.2) is 6.61 Å². The summed E-state index contributed by atoms with van der Waals surface area (Å²) in [5.74, 6) is 0.712. The van der Waals surface area contributed by atoms with Crippen LogP contribution >= 0.6 is 11.6 Å². The highest BCUT2D eigenvalue weighted by Gasteiger charge is 2.04. The van der Waals surface area contributed by atoms with Crippen LogP contribution in [0.25, 0.3) is 0 Å². The Bertz CT molecular complexity index is 593. The number of rotatable bonds is 5. The highest BCUT2D eigenvalue weighted by molar-refractivity contribution is 6.33. The Morgan fingerprint density at radius 1 is 1.11 bits per heavy atom.